The van der Waals surface area contributed by atoms with Crippen molar-refractivity contribution in [2.75, 3.05) is 0 Å². The Kier molecular flexibility index (Phi) is 3.97. The summed E-state index contributed by atoms with van der Waals surface area (Å²) in [4.78, 5) is 26.3. The molecule has 0 aliphatic heterocycles. The smallest absolute Gasteiger partial charge is 0.297 e. The first-order chi connectivity index (χ1) is 7.40. The van der Waals surface area contributed by atoms with E-state index in [0.717, 1.165) is 0 Å². The molecule has 1 rings (SSSR count). The Bertz CT molecular complexity index is 488. The van der Waals surface area contributed by atoms with Crippen LogP contribution in [0, 0.1) is 5.92 Å². The van der Waals surface area contributed by atoms with Crippen LogP contribution in [-0.2, 0) is 6.42 Å². The summed E-state index contributed by atoms with van der Waals surface area (Å²) in [6.45, 7) is 7.63. The molecular weight excluding hydrogens is 228 g/mol. The molecule has 4 nitrogen and oxygen atoms in total. The van der Waals surface area contributed by atoms with Crippen LogP contribution in [0.15, 0.2) is 9.59 Å². The van der Waals surface area contributed by atoms with Crippen molar-refractivity contribution in [3.8, 4) is 0 Å². The molecule has 0 aliphatic carbocycles. The second kappa shape index (κ2) is 4.87. The molecular formula is C11H17ClN2O2. The molecule has 0 amide bonds. The summed E-state index contributed by atoms with van der Waals surface area (Å²) >= 11 is 5.82. The number of halogens is 1. The quantitative estimate of drug-likeness (QED) is 0.827. The van der Waals surface area contributed by atoms with E-state index in [0.29, 0.717) is 12.0 Å². The molecule has 1 N–H and O–H groups in total. The fraction of sp³-hybridized carbons (Fsp3) is 0.636. The van der Waals surface area contributed by atoms with Crippen molar-refractivity contribution in [1.82, 2.24) is 9.55 Å². The highest BCUT2D eigenvalue weighted by Crippen LogP contribution is 2.14. The van der Waals surface area contributed by atoms with E-state index in [-0.39, 0.29) is 22.7 Å². The van der Waals surface area contributed by atoms with Gasteiger partial charge in [0.15, 0.2) is 0 Å². The van der Waals surface area contributed by atoms with Crippen molar-refractivity contribution in [1.29, 1.82) is 0 Å². The molecule has 0 saturated heterocycles. The summed E-state index contributed by atoms with van der Waals surface area (Å²) in [6.07, 6.45) is 0.513. The van der Waals surface area contributed by atoms with Crippen LogP contribution in [0.5, 0.6) is 0 Å². The van der Waals surface area contributed by atoms with Crippen LogP contribution in [0.2, 0.25) is 5.15 Å². The third-order valence-corrected chi connectivity index (χ3v) is 3.23. The van der Waals surface area contributed by atoms with E-state index >= 15 is 0 Å². The Labute approximate surface area is 99.3 Å². The van der Waals surface area contributed by atoms with Crippen LogP contribution < -0.4 is 11.2 Å². The number of aromatic amines is 1. The van der Waals surface area contributed by atoms with Gasteiger partial charge in [-0.25, -0.2) is 4.79 Å². The van der Waals surface area contributed by atoms with Crippen molar-refractivity contribution in [2.24, 2.45) is 5.92 Å². The SMILES string of the molecule is CCc1c(Cl)[nH]c(=O)n(C(C)C(C)C)c1=O. The lowest BCUT2D eigenvalue weighted by Gasteiger charge is -2.18. The maximum absolute atomic E-state index is 12.0. The van der Waals surface area contributed by atoms with Gasteiger partial charge >= 0.3 is 5.69 Å². The highest BCUT2D eigenvalue weighted by Gasteiger charge is 2.17. The van der Waals surface area contributed by atoms with Crippen LogP contribution in [0.25, 0.3) is 0 Å². The first kappa shape index (κ1) is 13.0. The molecule has 1 unspecified atom stereocenters. The van der Waals surface area contributed by atoms with E-state index in [1.807, 2.05) is 27.7 Å². The minimum absolute atomic E-state index is 0.140. The number of nitrogens with one attached hydrogen (secondary N) is 1. The minimum atomic E-state index is -0.437. The maximum atomic E-state index is 12.0. The van der Waals surface area contributed by atoms with E-state index in [9.17, 15) is 9.59 Å². The van der Waals surface area contributed by atoms with Crippen LogP contribution >= 0.6 is 11.6 Å². The van der Waals surface area contributed by atoms with Crippen molar-refractivity contribution < 1.29 is 0 Å². The number of nitrogens with zero attached hydrogens (tertiary/aromatic N) is 1. The number of H-pyrrole nitrogens is 1. The second-order valence-corrected chi connectivity index (χ2v) is 4.61. The van der Waals surface area contributed by atoms with E-state index in [1.165, 1.54) is 4.57 Å². The zero-order chi connectivity index (χ0) is 12.5. The Morgan fingerprint density at radius 3 is 2.31 bits per heavy atom. The van der Waals surface area contributed by atoms with Crippen molar-refractivity contribution in [2.45, 2.75) is 40.2 Å². The van der Waals surface area contributed by atoms with Gasteiger partial charge in [-0.3, -0.25) is 14.3 Å². The van der Waals surface area contributed by atoms with Crippen LogP contribution in [-0.4, -0.2) is 9.55 Å². The average Bonchev–Trinajstić information content (AvgIpc) is 2.17. The number of aromatic nitrogens is 2. The van der Waals surface area contributed by atoms with Gasteiger partial charge in [0.2, 0.25) is 0 Å². The summed E-state index contributed by atoms with van der Waals surface area (Å²) in [6, 6.07) is -0.140. The fourth-order valence-corrected chi connectivity index (χ4v) is 1.83. The van der Waals surface area contributed by atoms with Crippen LogP contribution in [0.4, 0.5) is 0 Å². The van der Waals surface area contributed by atoms with Gasteiger partial charge in [0.1, 0.15) is 5.15 Å². The van der Waals surface area contributed by atoms with Crippen LogP contribution in [0.3, 0.4) is 0 Å². The predicted octanol–water partition coefficient (Wildman–Crippen LogP) is 1.97. The first-order valence-electron chi connectivity index (χ1n) is 5.43. The zero-order valence-electron chi connectivity index (χ0n) is 10.0. The molecule has 0 aliphatic rings. The first-order valence-corrected chi connectivity index (χ1v) is 5.81. The highest BCUT2D eigenvalue weighted by molar-refractivity contribution is 6.30. The van der Waals surface area contributed by atoms with Gasteiger partial charge in [0.25, 0.3) is 5.56 Å². The Morgan fingerprint density at radius 2 is 1.88 bits per heavy atom. The Hall–Kier alpha value is -1.03. The molecule has 1 aromatic rings. The molecule has 16 heavy (non-hydrogen) atoms. The number of hydrogen-bond acceptors (Lipinski definition) is 2. The highest BCUT2D eigenvalue weighted by atomic mass is 35.5. The average molecular weight is 245 g/mol. The molecule has 0 saturated carbocycles. The lowest BCUT2D eigenvalue weighted by atomic mass is 10.1. The van der Waals surface area contributed by atoms with Crippen LogP contribution in [0.1, 0.15) is 39.3 Å². The fourth-order valence-electron chi connectivity index (χ4n) is 1.54. The van der Waals surface area contributed by atoms with Crippen molar-refractivity contribution >= 4 is 11.6 Å². The van der Waals surface area contributed by atoms with Crippen molar-refractivity contribution in [3.63, 3.8) is 0 Å². The van der Waals surface area contributed by atoms with Gasteiger partial charge < -0.3 is 0 Å². The van der Waals surface area contributed by atoms with Crippen molar-refractivity contribution in [3.05, 3.63) is 31.6 Å². The Balaban J connectivity index is 3.52. The molecule has 0 aromatic carbocycles. The van der Waals surface area contributed by atoms with Gasteiger partial charge in [0, 0.05) is 6.04 Å². The minimum Gasteiger partial charge on any atom is -0.297 e. The van der Waals surface area contributed by atoms with Gasteiger partial charge in [-0.15, -0.1) is 0 Å². The number of rotatable bonds is 3. The van der Waals surface area contributed by atoms with Gasteiger partial charge in [-0.05, 0) is 19.3 Å². The largest absolute Gasteiger partial charge is 0.329 e. The van der Waals surface area contributed by atoms with E-state index in [2.05, 4.69) is 4.98 Å². The van der Waals surface area contributed by atoms with Gasteiger partial charge in [0.05, 0.1) is 5.56 Å². The molecule has 1 aromatic heterocycles. The maximum Gasteiger partial charge on any atom is 0.329 e. The lowest BCUT2D eigenvalue weighted by molar-refractivity contribution is 0.382. The molecule has 0 fully saturated rings. The monoisotopic (exact) mass is 244 g/mol. The molecule has 1 heterocycles. The standard InChI is InChI=1S/C11H17ClN2O2/c1-5-8-9(12)13-11(16)14(10(8)15)7(4)6(2)3/h6-7H,5H2,1-4H3,(H,13,16). The normalized spacial score (nSPS) is 13.1. The molecule has 1 atom stereocenters. The Morgan fingerprint density at radius 1 is 1.31 bits per heavy atom. The molecule has 0 radical (unpaired) electrons. The topological polar surface area (TPSA) is 54.9 Å². The summed E-state index contributed by atoms with van der Waals surface area (Å²) in [5, 5.41) is 0.157. The molecule has 0 bridgehead atoms. The third-order valence-electron chi connectivity index (χ3n) is 2.90. The summed E-state index contributed by atoms with van der Waals surface area (Å²) < 4.78 is 1.25. The third kappa shape index (κ3) is 2.21. The van der Waals surface area contributed by atoms with Gasteiger partial charge in [-0.2, -0.15) is 0 Å². The summed E-state index contributed by atoms with van der Waals surface area (Å²) in [5.41, 5.74) is -0.250. The molecule has 90 valence electrons. The van der Waals surface area contributed by atoms with E-state index < -0.39 is 5.69 Å². The predicted molar refractivity (Wildman–Crippen MR) is 65.3 cm³/mol. The van der Waals surface area contributed by atoms with E-state index in [4.69, 9.17) is 11.6 Å². The summed E-state index contributed by atoms with van der Waals surface area (Å²) in [7, 11) is 0. The molecule has 0 spiro atoms. The molecule has 5 heteroatoms. The zero-order valence-corrected chi connectivity index (χ0v) is 10.8. The van der Waals surface area contributed by atoms with Gasteiger partial charge in [-0.1, -0.05) is 32.4 Å². The second-order valence-electron chi connectivity index (χ2n) is 4.24. The lowest BCUT2D eigenvalue weighted by Crippen LogP contribution is -2.40. The van der Waals surface area contributed by atoms with E-state index in [1.54, 1.807) is 0 Å². The summed E-state index contributed by atoms with van der Waals surface area (Å²) in [5.74, 6) is 0.213. The number of hydrogen-bond donors (Lipinski definition) is 1.